The molecule has 0 aliphatic carbocycles. The Kier molecular flexibility index (Phi) is 3.21. The maximum Gasteiger partial charge on any atom is 0.339 e. The zero-order chi connectivity index (χ0) is 16.3. The van der Waals surface area contributed by atoms with Gasteiger partial charge in [-0.15, -0.1) is 0 Å². The SMILES string of the molecule is CC1C2O[C@@H]3[C@@H](OC(=O)c4ccccc4C(=O)O)[C@@H](O[C@H]13)C2C. The number of aromatic carboxylic acids is 1. The van der Waals surface area contributed by atoms with Crippen LogP contribution in [0.15, 0.2) is 24.3 Å². The van der Waals surface area contributed by atoms with Crippen LogP contribution in [0.25, 0.3) is 0 Å². The van der Waals surface area contributed by atoms with E-state index in [1.54, 1.807) is 12.1 Å². The molecule has 0 radical (unpaired) electrons. The fraction of sp³-hybridized carbons (Fsp3) is 0.529. The van der Waals surface area contributed by atoms with E-state index in [-0.39, 0.29) is 47.4 Å². The van der Waals surface area contributed by atoms with E-state index in [1.165, 1.54) is 12.1 Å². The van der Waals surface area contributed by atoms with Crippen molar-refractivity contribution in [2.24, 2.45) is 11.8 Å². The molecule has 5 rings (SSSR count). The normalized spacial score (nSPS) is 40.3. The van der Waals surface area contributed by atoms with Crippen molar-refractivity contribution < 1.29 is 28.9 Å². The molecule has 4 bridgehead atoms. The van der Waals surface area contributed by atoms with Gasteiger partial charge in [-0.05, 0) is 12.1 Å². The molecule has 122 valence electrons. The summed E-state index contributed by atoms with van der Waals surface area (Å²) in [5.41, 5.74) is -0.00812. The van der Waals surface area contributed by atoms with E-state index in [0.717, 1.165) is 0 Å². The molecule has 4 aliphatic rings. The molecule has 0 saturated carbocycles. The first-order valence-corrected chi connectivity index (χ1v) is 7.83. The number of carbonyl (C=O) groups excluding carboxylic acids is 1. The number of hydrogen-bond donors (Lipinski definition) is 1. The Hall–Kier alpha value is -1.92. The lowest BCUT2D eigenvalue weighted by Crippen LogP contribution is -2.49. The molecule has 6 nitrogen and oxygen atoms in total. The second kappa shape index (κ2) is 5.04. The summed E-state index contributed by atoms with van der Waals surface area (Å²) in [6.07, 6.45) is -0.817. The number of esters is 1. The molecule has 7 atom stereocenters. The van der Waals surface area contributed by atoms with Gasteiger partial charge in [0.05, 0.1) is 23.3 Å². The number of carboxylic acid groups (broad SMARTS) is 1. The van der Waals surface area contributed by atoms with Gasteiger partial charge in [0.1, 0.15) is 12.2 Å². The fourth-order valence-electron chi connectivity index (χ4n) is 4.16. The first-order valence-electron chi connectivity index (χ1n) is 7.83. The van der Waals surface area contributed by atoms with E-state index in [2.05, 4.69) is 6.92 Å². The molecule has 4 fully saturated rings. The van der Waals surface area contributed by atoms with Crippen LogP contribution in [-0.4, -0.2) is 47.6 Å². The quantitative estimate of drug-likeness (QED) is 0.855. The lowest BCUT2D eigenvalue weighted by atomic mass is 9.87. The van der Waals surface area contributed by atoms with E-state index in [4.69, 9.17) is 14.2 Å². The average molecular weight is 318 g/mol. The third-order valence-electron chi connectivity index (χ3n) is 5.29. The Balaban J connectivity index is 1.58. The van der Waals surface area contributed by atoms with Crippen molar-refractivity contribution in [3.05, 3.63) is 35.4 Å². The number of benzene rings is 1. The zero-order valence-corrected chi connectivity index (χ0v) is 12.8. The molecule has 4 heterocycles. The minimum absolute atomic E-state index is 0.0475. The summed E-state index contributed by atoms with van der Waals surface area (Å²) < 4.78 is 17.6. The van der Waals surface area contributed by atoms with Gasteiger partial charge in [0.2, 0.25) is 0 Å². The van der Waals surface area contributed by atoms with Crippen LogP contribution in [0.2, 0.25) is 0 Å². The highest BCUT2D eigenvalue weighted by atomic mass is 16.6. The van der Waals surface area contributed by atoms with Gasteiger partial charge in [-0.2, -0.15) is 0 Å². The summed E-state index contributed by atoms with van der Waals surface area (Å²) in [5.74, 6) is -1.37. The molecule has 4 saturated heterocycles. The van der Waals surface area contributed by atoms with E-state index < -0.39 is 18.0 Å². The number of hydrogen-bond acceptors (Lipinski definition) is 5. The predicted molar refractivity (Wildman–Crippen MR) is 78.3 cm³/mol. The Bertz CT molecular complexity index is 667. The topological polar surface area (TPSA) is 82.1 Å². The molecule has 23 heavy (non-hydrogen) atoms. The zero-order valence-electron chi connectivity index (χ0n) is 12.8. The Morgan fingerprint density at radius 3 is 2.26 bits per heavy atom. The summed E-state index contributed by atoms with van der Waals surface area (Å²) in [6.45, 7) is 4.13. The predicted octanol–water partition coefficient (Wildman–Crippen LogP) is 1.73. The summed E-state index contributed by atoms with van der Waals surface area (Å²) in [4.78, 5) is 23.7. The van der Waals surface area contributed by atoms with E-state index >= 15 is 0 Å². The molecule has 0 aromatic heterocycles. The summed E-state index contributed by atoms with van der Waals surface area (Å²) >= 11 is 0. The van der Waals surface area contributed by atoms with Crippen LogP contribution in [-0.2, 0) is 14.2 Å². The smallest absolute Gasteiger partial charge is 0.339 e. The van der Waals surface area contributed by atoms with Gasteiger partial charge in [-0.3, -0.25) is 0 Å². The van der Waals surface area contributed by atoms with Crippen LogP contribution >= 0.6 is 0 Å². The van der Waals surface area contributed by atoms with Gasteiger partial charge in [0, 0.05) is 11.8 Å². The summed E-state index contributed by atoms with van der Waals surface area (Å²) in [6, 6.07) is 6.05. The molecule has 6 heteroatoms. The number of ether oxygens (including phenoxy) is 3. The maximum atomic E-state index is 12.5. The first kappa shape index (κ1) is 14.7. The molecule has 1 aromatic carbocycles. The molecule has 1 N–H and O–H groups in total. The van der Waals surface area contributed by atoms with Crippen LogP contribution in [0.4, 0.5) is 0 Å². The van der Waals surface area contributed by atoms with Crippen molar-refractivity contribution in [2.75, 3.05) is 0 Å². The Morgan fingerprint density at radius 2 is 1.57 bits per heavy atom. The minimum atomic E-state index is -1.15. The van der Waals surface area contributed by atoms with Crippen LogP contribution in [0.1, 0.15) is 34.6 Å². The minimum Gasteiger partial charge on any atom is -0.478 e. The van der Waals surface area contributed by atoms with Crippen molar-refractivity contribution in [3.63, 3.8) is 0 Å². The molecule has 1 aromatic rings. The first-order chi connectivity index (χ1) is 11.0. The number of carboxylic acids is 1. The van der Waals surface area contributed by atoms with E-state index in [9.17, 15) is 14.7 Å². The van der Waals surface area contributed by atoms with Gasteiger partial charge in [-0.1, -0.05) is 26.0 Å². The Morgan fingerprint density at radius 1 is 0.957 bits per heavy atom. The standard InChI is InChI=1S/C17H18O6/c1-7-11-8(2)13-15(14(21-11)12(7)22-13)23-17(20)10-6-4-3-5-9(10)16(18)19/h3-8,11-15H,1-2H3,(H,18,19)/t7?,8?,11?,12-,13+,14+,15+/m1/s1. The monoisotopic (exact) mass is 318 g/mol. The molecular formula is C17H18O6. The van der Waals surface area contributed by atoms with Crippen LogP contribution in [0.5, 0.6) is 0 Å². The third-order valence-corrected chi connectivity index (χ3v) is 5.29. The van der Waals surface area contributed by atoms with Crippen LogP contribution in [0.3, 0.4) is 0 Å². The highest BCUT2D eigenvalue weighted by Gasteiger charge is 2.65. The largest absolute Gasteiger partial charge is 0.478 e. The Labute approximate surface area is 133 Å². The van der Waals surface area contributed by atoms with Crippen molar-refractivity contribution in [1.82, 2.24) is 0 Å². The lowest BCUT2D eigenvalue weighted by molar-refractivity contribution is -0.152. The van der Waals surface area contributed by atoms with Crippen molar-refractivity contribution in [3.8, 4) is 0 Å². The summed E-state index contributed by atoms with van der Waals surface area (Å²) in [7, 11) is 0. The molecular weight excluding hydrogens is 300 g/mol. The van der Waals surface area contributed by atoms with E-state index in [1.807, 2.05) is 6.92 Å². The maximum absolute atomic E-state index is 12.5. The van der Waals surface area contributed by atoms with Crippen LogP contribution < -0.4 is 0 Å². The average Bonchev–Trinajstić information content (AvgIpc) is 2.96. The summed E-state index contributed by atoms with van der Waals surface area (Å²) in [5, 5.41) is 9.21. The highest BCUT2D eigenvalue weighted by Crippen LogP contribution is 2.50. The van der Waals surface area contributed by atoms with Crippen molar-refractivity contribution >= 4 is 11.9 Å². The number of carbonyl (C=O) groups is 2. The molecule has 3 unspecified atom stereocenters. The molecule has 0 spiro atoms. The van der Waals surface area contributed by atoms with Gasteiger partial charge in [0.15, 0.2) is 6.10 Å². The van der Waals surface area contributed by atoms with Crippen molar-refractivity contribution in [2.45, 2.75) is 44.4 Å². The number of rotatable bonds is 3. The van der Waals surface area contributed by atoms with Gasteiger partial charge in [-0.25, -0.2) is 9.59 Å². The highest BCUT2D eigenvalue weighted by molar-refractivity contribution is 6.02. The second-order valence-corrected chi connectivity index (χ2v) is 6.57. The van der Waals surface area contributed by atoms with Crippen molar-refractivity contribution in [1.29, 1.82) is 0 Å². The van der Waals surface area contributed by atoms with Gasteiger partial charge >= 0.3 is 11.9 Å². The van der Waals surface area contributed by atoms with Gasteiger partial charge in [0.25, 0.3) is 0 Å². The third kappa shape index (κ3) is 2.01. The van der Waals surface area contributed by atoms with Gasteiger partial charge < -0.3 is 19.3 Å². The van der Waals surface area contributed by atoms with Crippen LogP contribution in [0, 0.1) is 11.8 Å². The second-order valence-electron chi connectivity index (χ2n) is 6.57. The molecule has 0 amide bonds. The lowest BCUT2D eigenvalue weighted by Gasteiger charge is -2.38. The van der Waals surface area contributed by atoms with E-state index in [0.29, 0.717) is 0 Å². The molecule has 4 aliphatic heterocycles. The fourth-order valence-corrected chi connectivity index (χ4v) is 4.16.